The summed E-state index contributed by atoms with van der Waals surface area (Å²) in [6.07, 6.45) is 2.62. The summed E-state index contributed by atoms with van der Waals surface area (Å²) in [5, 5.41) is 10.8. The maximum absolute atomic E-state index is 12.5. The van der Waals surface area contributed by atoms with Crippen molar-refractivity contribution >= 4 is 27.3 Å². The summed E-state index contributed by atoms with van der Waals surface area (Å²) < 4.78 is 26.2. The van der Waals surface area contributed by atoms with Crippen molar-refractivity contribution in [2.75, 3.05) is 13.1 Å². The van der Waals surface area contributed by atoms with Gasteiger partial charge in [-0.15, -0.1) is 0 Å². The highest BCUT2D eigenvalue weighted by atomic mass is 35.5. The molecule has 0 atom stereocenters. The van der Waals surface area contributed by atoms with E-state index in [0.717, 1.165) is 11.6 Å². The van der Waals surface area contributed by atoms with Crippen LogP contribution in [-0.4, -0.2) is 30.7 Å². The van der Waals surface area contributed by atoms with Crippen molar-refractivity contribution < 1.29 is 13.3 Å². The van der Waals surface area contributed by atoms with Crippen LogP contribution >= 0.6 is 11.6 Å². The molecule has 1 heterocycles. The fourth-order valence-corrected chi connectivity index (χ4v) is 3.73. The quantitative estimate of drug-likeness (QED) is 0.487. The first kappa shape index (κ1) is 15.0. The van der Waals surface area contributed by atoms with E-state index < -0.39 is 20.6 Å². The third-order valence-electron chi connectivity index (χ3n) is 3.05. The summed E-state index contributed by atoms with van der Waals surface area (Å²) in [5.74, 6) is 0. The van der Waals surface area contributed by atoms with Gasteiger partial charge in [0.15, 0.2) is 0 Å². The first-order valence-corrected chi connectivity index (χ1v) is 7.74. The normalized spacial score (nSPS) is 16.8. The molecule has 1 aromatic rings. The Morgan fingerprint density at radius 1 is 1.40 bits per heavy atom. The molecule has 20 heavy (non-hydrogen) atoms. The summed E-state index contributed by atoms with van der Waals surface area (Å²) in [6, 6.07) is 3.53. The lowest BCUT2D eigenvalue weighted by Crippen LogP contribution is -2.35. The summed E-state index contributed by atoms with van der Waals surface area (Å²) in [5.41, 5.74) is 0.556. The van der Waals surface area contributed by atoms with Gasteiger partial charge in [0.2, 0.25) is 10.0 Å². The second kappa shape index (κ2) is 5.51. The Kier molecular flexibility index (Phi) is 4.12. The summed E-state index contributed by atoms with van der Waals surface area (Å²) >= 11 is 5.69. The monoisotopic (exact) mass is 316 g/mol. The van der Waals surface area contributed by atoms with E-state index in [1.807, 2.05) is 13.0 Å². The zero-order valence-electron chi connectivity index (χ0n) is 10.7. The molecule has 0 amide bonds. The van der Waals surface area contributed by atoms with Crippen LogP contribution < -0.4 is 0 Å². The molecule has 0 fully saturated rings. The molecular formula is C12H13ClN2O4S. The lowest BCUT2D eigenvalue weighted by atomic mass is 10.2. The van der Waals surface area contributed by atoms with E-state index in [2.05, 4.69) is 0 Å². The Morgan fingerprint density at radius 3 is 2.70 bits per heavy atom. The minimum Gasteiger partial charge on any atom is -0.258 e. The molecule has 0 saturated carbocycles. The molecule has 0 aromatic heterocycles. The van der Waals surface area contributed by atoms with Crippen molar-refractivity contribution in [1.82, 2.24) is 4.31 Å². The number of sulfonamides is 1. The fraction of sp³-hybridized carbons (Fsp3) is 0.333. The molecule has 0 N–H and O–H groups in total. The van der Waals surface area contributed by atoms with Crippen LogP contribution in [0, 0.1) is 10.1 Å². The fourth-order valence-electron chi connectivity index (χ4n) is 2.02. The van der Waals surface area contributed by atoms with E-state index >= 15 is 0 Å². The highest BCUT2D eigenvalue weighted by molar-refractivity contribution is 7.89. The molecule has 0 spiro atoms. The first-order chi connectivity index (χ1) is 9.32. The maximum Gasteiger partial charge on any atom is 0.289 e. The van der Waals surface area contributed by atoms with Gasteiger partial charge in [-0.3, -0.25) is 10.1 Å². The molecule has 0 saturated heterocycles. The van der Waals surface area contributed by atoms with Crippen molar-refractivity contribution in [3.05, 3.63) is 45.0 Å². The predicted octanol–water partition coefficient (Wildman–Crippen LogP) is 2.59. The average molecular weight is 317 g/mol. The van der Waals surface area contributed by atoms with Gasteiger partial charge < -0.3 is 0 Å². The molecule has 1 aromatic carbocycles. The van der Waals surface area contributed by atoms with Crippen molar-refractivity contribution in [1.29, 1.82) is 0 Å². The van der Waals surface area contributed by atoms with E-state index in [-0.39, 0.29) is 9.92 Å². The SMILES string of the molecule is CC1=CCCN(S(=O)(=O)c2ccc(Cl)c([N+](=O)[O-])c2)C1. The van der Waals surface area contributed by atoms with E-state index in [4.69, 9.17) is 11.6 Å². The van der Waals surface area contributed by atoms with Crippen molar-refractivity contribution in [3.8, 4) is 0 Å². The molecule has 8 heteroatoms. The molecule has 2 rings (SSSR count). The molecule has 0 aliphatic carbocycles. The minimum atomic E-state index is -3.74. The van der Waals surface area contributed by atoms with Gasteiger partial charge >= 0.3 is 0 Å². The topological polar surface area (TPSA) is 80.5 Å². The van der Waals surface area contributed by atoms with E-state index in [0.29, 0.717) is 19.5 Å². The van der Waals surface area contributed by atoms with E-state index in [1.165, 1.54) is 16.4 Å². The second-order valence-corrected chi connectivity index (χ2v) is 6.89. The van der Waals surface area contributed by atoms with Gasteiger partial charge in [-0.25, -0.2) is 8.42 Å². The smallest absolute Gasteiger partial charge is 0.258 e. The van der Waals surface area contributed by atoms with Crippen LogP contribution in [0.15, 0.2) is 34.7 Å². The van der Waals surface area contributed by atoms with E-state index in [9.17, 15) is 18.5 Å². The molecule has 0 unspecified atom stereocenters. The van der Waals surface area contributed by atoms with Crippen molar-refractivity contribution in [2.24, 2.45) is 0 Å². The third kappa shape index (κ3) is 2.84. The number of rotatable bonds is 3. The lowest BCUT2D eigenvalue weighted by molar-refractivity contribution is -0.384. The first-order valence-electron chi connectivity index (χ1n) is 5.92. The standard InChI is InChI=1S/C12H13ClN2O4S/c1-9-3-2-6-14(8-9)20(18,19)10-4-5-11(13)12(7-10)15(16)17/h3-5,7H,2,6,8H2,1H3. The van der Waals surface area contributed by atoms with Crippen LogP contribution in [0.5, 0.6) is 0 Å². The number of nitrogens with zero attached hydrogens (tertiary/aromatic N) is 2. The Balaban J connectivity index is 2.42. The number of halogens is 1. The number of nitro benzene ring substituents is 1. The highest BCUT2D eigenvalue weighted by Gasteiger charge is 2.28. The predicted molar refractivity (Wildman–Crippen MR) is 75.2 cm³/mol. The van der Waals surface area contributed by atoms with Crippen LogP contribution in [-0.2, 0) is 10.0 Å². The highest BCUT2D eigenvalue weighted by Crippen LogP contribution is 2.29. The van der Waals surface area contributed by atoms with Crippen LogP contribution in [0.1, 0.15) is 13.3 Å². The molecule has 0 radical (unpaired) electrons. The molecule has 1 aliphatic heterocycles. The minimum absolute atomic E-state index is 0.0799. The van der Waals surface area contributed by atoms with Gasteiger partial charge in [0.1, 0.15) is 5.02 Å². The van der Waals surface area contributed by atoms with Crippen LogP contribution in [0.4, 0.5) is 5.69 Å². The Bertz CT molecular complexity index is 685. The second-order valence-electron chi connectivity index (χ2n) is 4.55. The molecule has 108 valence electrons. The molecule has 6 nitrogen and oxygen atoms in total. The molecule has 0 bridgehead atoms. The summed E-state index contributed by atoms with van der Waals surface area (Å²) in [7, 11) is -3.74. The van der Waals surface area contributed by atoms with Crippen LogP contribution in [0.2, 0.25) is 5.02 Å². The van der Waals surface area contributed by atoms with Gasteiger partial charge in [-0.05, 0) is 25.5 Å². The Morgan fingerprint density at radius 2 is 2.10 bits per heavy atom. The number of hydrogen-bond acceptors (Lipinski definition) is 4. The molecule has 1 aliphatic rings. The maximum atomic E-state index is 12.5. The summed E-state index contributed by atoms with van der Waals surface area (Å²) in [4.78, 5) is 10.0. The number of hydrogen-bond donors (Lipinski definition) is 0. The van der Waals surface area contributed by atoms with Crippen LogP contribution in [0.3, 0.4) is 0 Å². The van der Waals surface area contributed by atoms with E-state index in [1.54, 1.807) is 0 Å². The van der Waals surface area contributed by atoms with Gasteiger partial charge in [0, 0.05) is 19.2 Å². The zero-order chi connectivity index (χ0) is 14.9. The Hall–Kier alpha value is -1.44. The van der Waals surface area contributed by atoms with Crippen LogP contribution in [0.25, 0.3) is 0 Å². The summed E-state index contributed by atoms with van der Waals surface area (Å²) in [6.45, 7) is 2.53. The van der Waals surface area contributed by atoms with Crippen molar-refractivity contribution in [3.63, 3.8) is 0 Å². The number of nitro groups is 1. The van der Waals surface area contributed by atoms with Gasteiger partial charge in [0.05, 0.1) is 9.82 Å². The van der Waals surface area contributed by atoms with Gasteiger partial charge in [-0.1, -0.05) is 23.3 Å². The average Bonchev–Trinajstić information content (AvgIpc) is 2.38. The lowest BCUT2D eigenvalue weighted by Gasteiger charge is -2.25. The van der Waals surface area contributed by atoms with Gasteiger partial charge in [-0.2, -0.15) is 4.31 Å². The largest absolute Gasteiger partial charge is 0.289 e. The van der Waals surface area contributed by atoms with Gasteiger partial charge in [0.25, 0.3) is 5.69 Å². The zero-order valence-corrected chi connectivity index (χ0v) is 12.3. The molecular weight excluding hydrogens is 304 g/mol. The Labute approximate surface area is 121 Å². The van der Waals surface area contributed by atoms with Crippen molar-refractivity contribution in [2.45, 2.75) is 18.2 Å². The number of benzene rings is 1. The third-order valence-corrected chi connectivity index (χ3v) is 5.21.